The van der Waals surface area contributed by atoms with Gasteiger partial charge in [-0.1, -0.05) is 6.07 Å². The van der Waals surface area contributed by atoms with E-state index in [-0.39, 0.29) is 6.04 Å². The van der Waals surface area contributed by atoms with Crippen molar-refractivity contribution in [1.82, 2.24) is 25.0 Å². The van der Waals surface area contributed by atoms with Crippen molar-refractivity contribution in [1.29, 1.82) is 0 Å². The average molecular weight is 320 g/mol. The van der Waals surface area contributed by atoms with Crippen LogP contribution in [0.1, 0.15) is 12.5 Å². The second-order valence-corrected chi connectivity index (χ2v) is 6.06. The SMILES string of the molecule is Nc1nc2cc(-c3cc[nH]n3)ccc2c2c1cnn2C1CCOC1. The maximum atomic E-state index is 6.19. The van der Waals surface area contributed by atoms with Crippen molar-refractivity contribution in [3.63, 3.8) is 0 Å². The van der Waals surface area contributed by atoms with E-state index in [1.54, 1.807) is 12.4 Å². The van der Waals surface area contributed by atoms with Crippen LogP contribution in [-0.4, -0.2) is 38.2 Å². The molecule has 1 fully saturated rings. The number of nitrogens with two attached hydrogens (primary N) is 1. The molecule has 4 aromatic rings. The Morgan fingerprint density at radius 2 is 2.21 bits per heavy atom. The van der Waals surface area contributed by atoms with Crippen LogP contribution in [0.5, 0.6) is 0 Å². The third-order valence-corrected chi connectivity index (χ3v) is 4.61. The van der Waals surface area contributed by atoms with Crippen LogP contribution in [-0.2, 0) is 4.74 Å². The smallest absolute Gasteiger partial charge is 0.135 e. The zero-order chi connectivity index (χ0) is 16.1. The number of ether oxygens (including phenoxy) is 1. The summed E-state index contributed by atoms with van der Waals surface area (Å²) in [5.41, 5.74) is 9.95. The van der Waals surface area contributed by atoms with Crippen LogP contribution in [0.15, 0.2) is 36.7 Å². The summed E-state index contributed by atoms with van der Waals surface area (Å²) in [5.74, 6) is 0.502. The summed E-state index contributed by atoms with van der Waals surface area (Å²) in [5, 5.41) is 13.6. The fraction of sp³-hybridized carbons (Fsp3) is 0.235. The molecule has 5 rings (SSSR count). The molecular weight excluding hydrogens is 304 g/mol. The van der Waals surface area contributed by atoms with Crippen LogP contribution in [0.3, 0.4) is 0 Å². The van der Waals surface area contributed by atoms with Crippen molar-refractivity contribution >= 4 is 27.6 Å². The normalized spacial score (nSPS) is 17.9. The number of nitrogens with one attached hydrogen (secondary N) is 1. The van der Waals surface area contributed by atoms with Crippen LogP contribution in [0.4, 0.5) is 5.82 Å². The highest BCUT2D eigenvalue weighted by Gasteiger charge is 2.22. The van der Waals surface area contributed by atoms with Crippen LogP contribution in [0.2, 0.25) is 0 Å². The topological polar surface area (TPSA) is 94.6 Å². The van der Waals surface area contributed by atoms with Gasteiger partial charge in [0.05, 0.1) is 41.0 Å². The molecule has 1 unspecified atom stereocenters. The highest BCUT2D eigenvalue weighted by molar-refractivity contribution is 6.08. The van der Waals surface area contributed by atoms with Crippen LogP contribution in [0.25, 0.3) is 33.1 Å². The number of benzene rings is 1. The first-order chi connectivity index (χ1) is 11.8. The highest BCUT2D eigenvalue weighted by Crippen LogP contribution is 2.33. The number of rotatable bonds is 2. The zero-order valence-electron chi connectivity index (χ0n) is 12.9. The maximum absolute atomic E-state index is 6.19. The zero-order valence-corrected chi connectivity index (χ0v) is 12.9. The lowest BCUT2D eigenvalue weighted by Crippen LogP contribution is -2.10. The van der Waals surface area contributed by atoms with Gasteiger partial charge in [0.1, 0.15) is 5.82 Å². The Balaban J connectivity index is 1.78. The largest absolute Gasteiger partial charge is 0.383 e. The third-order valence-electron chi connectivity index (χ3n) is 4.61. The monoisotopic (exact) mass is 320 g/mol. The van der Waals surface area contributed by atoms with Gasteiger partial charge in [-0.25, -0.2) is 4.98 Å². The number of hydrogen-bond donors (Lipinski definition) is 2. The quantitative estimate of drug-likeness (QED) is 0.592. The van der Waals surface area contributed by atoms with Crippen LogP contribution in [0, 0.1) is 0 Å². The molecule has 1 saturated heterocycles. The highest BCUT2D eigenvalue weighted by atomic mass is 16.5. The Morgan fingerprint density at radius 3 is 3.00 bits per heavy atom. The standard InChI is InChI=1S/C17H16N6O/c18-17-13-8-20-23(11-4-6-24-9-11)16(13)12-2-1-10(7-15(12)21-17)14-3-5-19-22-14/h1-3,5,7-8,11H,4,6,9H2,(H2,18,21)(H,19,22). The van der Waals surface area contributed by atoms with E-state index in [4.69, 9.17) is 10.5 Å². The Hall–Kier alpha value is -2.93. The molecule has 120 valence electrons. The number of hydrogen-bond acceptors (Lipinski definition) is 5. The lowest BCUT2D eigenvalue weighted by molar-refractivity contribution is 0.185. The summed E-state index contributed by atoms with van der Waals surface area (Å²) in [4.78, 5) is 4.57. The molecule has 1 aromatic carbocycles. The molecule has 1 aliphatic rings. The van der Waals surface area contributed by atoms with E-state index in [9.17, 15) is 0 Å². The predicted octanol–water partition coefficient (Wildman–Crippen LogP) is 2.52. The molecule has 7 heteroatoms. The number of aromatic nitrogens is 5. The second kappa shape index (κ2) is 5.04. The van der Waals surface area contributed by atoms with Crippen molar-refractivity contribution in [3.8, 4) is 11.3 Å². The molecule has 1 aliphatic heterocycles. The average Bonchev–Trinajstić information content (AvgIpc) is 3.34. The Morgan fingerprint density at radius 1 is 1.25 bits per heavy atom. The predicted molar refractivity (Wildman–Crippen MR) is 91.5 cm³/mol. The minimum atomic E-state index is 0.249. The van der Waals surface area contributed by atoms with Crippen molar-refractivity contribution in [2.24, 2.45) is 0 Å². The first kappa shape index (κ1) is 13.5. The Labute approximate surface area is 137 Å². The van der Waals surface area contributed by atoms with E-state index < -0.39 is 0 Å². The molecule has 24 heavy (non-hydrogen) atoms. The Bertz CT molecular complexity index is 1030. The number of nitrogens with zero attached hydrogens (tertiary/aromatic N) is 4. The number of H-pyrrole nitrogens is 1. The van der Waals surface area contributed by atoms with Gasteiger partial charge in [-0.05, 0) is 24.6 Å². The molecule has 7 nitrogen and oxygen atoms in total. The molecule has 1 atom stereocenters. The van der Waals surface area contributed by atoms with Crippen molar-refractivity contribution in [3.05, 3.63) is 36.7 Å². The summed E-state index contributed by atoms with van der Waals surface area (Å²) in [6.07, 6.45) is 4.57. The number of fused-ring (bicyclic) bond motifs is 3. The minimum Gasteiger partial charge on any atom is -0.383 e. The molecule has 0 bridgehead atoms. The van der Waals surface area contributed by atoms with Gasteiger partial charge in [0.25, 0.3) is 0 Å². The van der Waals surface area contributed by atoms with Crippen molar-refractivity contribution in [2.45, 2.75) is 12.5 Å². The lowest BCUT2D eigenvalue weighted by Gasteiger charge is -2.12. The van der Waals surface area contributed by atoms with Crippen molar-refractivity contribution < 1.29 is 4.74 Å². The molecule has 0 radical (unpaired) electrons. The van der Waals surface area contributed by atoms with Gasteiger partial charge in [-0.15, -0.1) is 0 Å². The molecule has 3 N–H and O–H groups in total. The molecule has 0 aliphatic carbocycles. The fourth-order valence-corrected chi connectivity index (χ4v) is 3.40. The number of anilines is 1. The molecule has 0 spiro atoms. The van der Waals surface area contributed by atoms with Crippen LogP contribution < -0.4 is 5.73 Å². The molecule has 3 aromatic heterocycles. The van der Waals surface area contributed by atoms with Crippen LogP contribution >= 0.6 is 0 Å². The molecule has 4 heterocycles. The van der Waals surface area contributed by atoms with Gasteiger partial charge in [0.2, 0.25) is 0 Å². The summed E-state index contributed by atoms with van der Waals surface area (Å²) in [6, 6.07) is 8.33. The van der Waals surface area contributed by atoms with E-state index in [2.05, 4.69) is 32.4 Å². The van der Waals surface area contributed by atoms with E-state index in [0.717, 1.165) is 46.1 Å². The lowest BCUT2D eigenvalue weighted by atomic mass is 10.1. The van der Waals surface area contributed by atoms with E-state index in [1.807, 2.05) is 16.8 Å². The van der Waals surface area contributed by atoms with Gasteiger partial charge in [-0.3, -0.25) is 9.78 Å². The number of pyridine rings is 1. The molecule has 0 saturated carbocycles. The Kier molecular flexibility index (Phi) is 2.83. The minimum absolute atomic E-state index is 0.249. The van der Waals surface area contributed by atoms with E-state index in [1.165, 1.54) is 0 Å². The fourth-order valence-electron chi connectivity index (χ4n) is 3.40. The van der Waals surface area contributed by atoms with E-state index in [0.29, 0.717) is 12.4 Å². The third kappa shape index (κ3) is 1.91. The number of nitrogen functional groups attached to an aromatic ring is 1. The summed E-state index contributed by atoms with van der Waals surface area (Å²) in [6.45, 7) is 1.46. The summed E-state index contributed by atoms with van der Waals surface area (Å²) in [7, 11) is 0. The van der Waals surface area contributed by atoms with Gasteiger partial charge >= 0.3 is 0 Å². The van der Waals surface area contributed by atoms with Gasteiger partial charge in [-0.2, -0.15) is 10.2 Å². The first-order valence-electron chi connectivity index (χ1n) is 7.95. The second-order valence-electron chi connectivity index (χ2n) is 6.06. The maximum Gasteiger partial charge on any atom is 0.135 e. The van der Waals surface area contributed by atoms with E-state index >= 15 is 0 Å². The van der Waals surface area contributed by atoms with Gasteiger partial charge in [0.15, 0.2) is 0 Å². The molecular formula is C17H16N6O. The summed E-state index contributed by atoms with van der Waals surface area (Å²) < 4.78 is 7.56. The first-order valence-corrected chi connectivity index (χ1v) is 7.95. The van der Waals surface area contributed by atoms with Gasteiger partial charge in [0, 0.05) is 23.8 Å². The van der Waals surface area contributed by atoms with Gasteiger partial charge < -0.3 is 10.5 Å². The van der Waals surface area contributed by atoms with Crippen molar-refractivity contribution in [2.75, 3.05) is 18.9 Å². The molecule has 0 amide bonds. The summed E-state index contributed by atoms with van der Waals surface area (Å²) >= 11 is 0. The number of aromatic amines is 1.